The molecule has 268 valence electrons. The molecule has 0 spiro atoms. The van der Waals surface area contributed by atoms with Gasteiger partial charge in [0.25, 0.3) is 11.8 Å². The van der Waals surface area contributed by atoms with Gasteiger partial charge in [0.15, 0.2) is 10.3 Å². The van der Waals surface area contributed by atoms with Gasteiger partial charge in [-0.2, -0.15) is 9.98 Å². The van der Waals surface area contributed by atoms with Crippen LogP contribution in [-0.4, -0.2) is 118 Å². The molecule has 10 nitrogen and oxygen atoms in total. The molecule has 2 aromatic carbocycles. The lowest BCUT2D eigenvalue weighted by atomic mass is 10.2. The van der Waals surface area contributed by atoms with Crippen LogP contribution in [0.1, 0.15) is 31.4 Å². The number of aliphatic imine (C=N–C) groups is 2. The summed E-state index contributed by atoms with van der Waals surface area (Å²) in [6.45, 7) is 3.40. The van der Waals surface area contributed by atoms with Crippen LogP contribution in [0.2, 0.25) is 0 Å². The molecule has 0 saturated carbocycles. The Hall–Kier alpha value is -3.14. The van der Waals surface area contributed by atoms with E-state index in [0.717, 1.165) is 39.0 Å². The molecule has 0 aromatic heterocycles. The quantitative estimate of drug-likeness (QED) is 0.374. The minimum absolute atomic E-state index is 0. The normalized spacial score (nSPS) is 21.8. The summed E-state index contributed by atoms with van der Waals surface area (Å²) in [5, 5.41) is 20.9. The lowest BCUT2D eigenvalue weighted by Gasteiger charge is -2.20. The van der Waals surface area contributed by atoms with E-state index in [1.165, 1.54) is 72.1 Å². The number of amidine groups is 2. The van der Waals surface area contributed by atoms with Crippen molar-refractivity contribution in [2.24, 2.45) is 9.98 Å². The summed E-state index contributed by atoms with van der Waals surface area (Å²) in [7, 11) is 8.17. The number of phenols is 2. The summed E-state index contributed by atoms with van der Waals surface area (Å²) in [5.41, 5.74) is 0.565. The number of carbonyl (C=O) groups is 2. The van der Waals surface area contributed by atoms with Gasteiger partial charge < -0.3 is 29.8 Å². The Morgan fingerprint density at radius 2 is 1.10 bits per heavy atom. The number of benzene rings is 2. The molecule has 16 heteroatoms. The van der Waals surface area contributed by atoms with Crippen molar-refractivity contribution in [3.8, 4) is 11.5 Å². The van der Waals surface area contributed by atoms with Crippen LogP contribution in [0.3, 0.4) is 0 Å². The summed E-state index contributed by atoms with van der Waals surface area (Å²) >= 11 is 2.55. The Balaban J connectivity index is 0.000000321. The first-order valence-electron chi connectivity index (χ1n) is 14.7. The summed E-state index contributed by atoms with van der Waals surface area (Å²) in [6.07, 6.45) is 5.04. The molecule has 2 aromatic rings. The van der Waals surface area contributed by atoms with Gasteiger partial charge in [-0.1, -0.05) is 7.43 Å². The number of thioether (sulfide) groups is 2. The molecule has 4 aliphatic heterocycles. The number of phenolic OH excluding ortho intramolecular Hbond substituents is 2. The number of carbonyl (C=O) groups excluding carboxylic acids is 2. The van der Waals surface area contributed by atoms with Gasteiger partial charge in [-0.25, -0.2) is 8.78 Å². The second-order valence-corrected chi connectivity index (χ2v) is 13.7. The first-order chi connectivity index (χ1) is 21.9. The molecule has 0 bridgehead atoms. The Morgan fingerprint density at radius 3 is 1.43 bits per heavy atom. The number of likely N-dealkylation sites (tertiary alicyclic amines) is 2. The average molecular weight is 760 g/mol. The number of rotatable bonds is 4. The van der Waals surface area contributed by atoms with Crippen LogP contribution in [0.15, 0.2) is 56.2 Å². The number of halogens is 4. The molecule has 6 rings (SSSR count). The molecule has 2 atom stereocenters. The topological polar surface area (TPSA) is 112 Å². The second-order valence-electron chi connectivity index (χ2n) is 11.7. The number of hydrogen-bond acceptors (Lipinski definition) is 10. The predicted octanol–water partition coefficient (Wildman–Crippen LogP) is 5.75. The highest BCUT2D eigenvalue weighted by atomic mass is 35.5. The molecule has 0 unspecified atom stereocenters. The van der Waals surface area contributed by atoms with E-state index in [2.05, 4.69) is 29.6 Å². The van der Waals surface area contributed by atoms with E-state index in [0.29, 0.717) is 32.2 Å². The van der Waals surface area contributed by atoms with Gasteiger partial charge in [-0.15, -0.1) is 24.8 Å². The maximum Gasteiger partial charge on any atom is 0.286 e. The van der Waals surface area contributed by atoms with Gasteiger partial charge in [0.05, 0.1) is 9.81 Å². The van der Waals surface area contributed by atoms with Crippen molar-refractivity contribution < 1.29 is 28.6 Å². The molecule has 4 heterocycles. The van der Waals surface area contributed by atoms with Gasteiger partial charge >= 0.3 is 0 Å². The maximum atomic E-state index is 13.3. The zero-order valence-corrected chi connectivity index (χ0v) is 30.1. The van der Waals surface area contributed by atoms with E-state index in [1.807, 2.05) is 28.2 Å². The molecule has 2 amide bonds. The third-order valence-corrected chi connectivity index (χ3v) is 10.2. The molecule has 2 saturated heterocycles. The van der Waals surface area contributed by atoms with Gasteiger partial charge in [0, 0.05) is 49.4 Å². The number of hydrogen-bond donors (Lipinski definition) is 2. The molecular weight excluding hydrogens is 717 g/mol. The van der Waals surface area contributed by atoms with Gasteiger partial charge in [0.1, 0.15) is 23.1 Å². The Labute approximate surface area is 306 Å². The number of nitrogens with zero attached hydrogens (tertiary/aromatic N) is 6. The summed E-state index contributed by atoms with van der Waals surface area (Å²) in [5.74, 6) is -1.73. The van der Waals surface area contributed by atoms with Crippen LogP contribution in [-0.2, 0) is 9.59 Å². The van der Waals surface area contributed by atoms with Crippen molar-refractivity contribution in [1.82, 2.24) is 19.6 Å². The van der Waals surface area contributed by atoms with Crippen molar-refractivity contribution in [2.45, 2.75) is 32.4 Å². The number of amides is 2. The first-order valence-corrected chi connectivity index (χ1v) is 16.4. The van der Waals surface area contributed by atoms with Crippen molar-refractivity contribution in [2.75, 3.05) is 54.4 Å². The Bertz CT molecular complexity index is 1540. The summed E-state index contributed by atoms with van der Waals surface area (Å²) < 4.78 is 26.6. The van der Waals surface area contributed by atoms with Gasteiger partial charge in [-0.3, -0.25) is 9.59 Å². The van der Waals surface area contributed by atoms with Crippen LogP contribution in [0.25, 0.3) is 12.2 Å². The second kappa shape index (κ2) is 18.2. The molecule has 0 aliphatic carbocycles. The van der Waals surface area contributed by atoms with Crippen molar-refractivity contribution in [1.29, 1.82) is 0 Å². The van der Waals surface area contributed by atoms with Crippen molar-refractivity contribution >= 4 is 82.6 Å². The highest BCUT2D eigenvalue weighted by Crippen LogP contribution is 2.35. The van der Waals surface area contributed by atoms with Crippen LogP contribution in [0.4, 0.5) is 8.78 Å². The standard InChI is InChI=1S/2C16H18FN3O2S.CH4.2ClH/c2*1-19(2)12-5-6-20(9-12)16-18-15(22)14(23-16)8-10-7-11(17)3-4-13(10)21;;;/h2*3-4,7-8,12,21H,5-6,9H2,1-2H3;1H4;2*1H/b14-8+;14-8-;;;/t2*12-;;;/m00.../s1. The van der Waals surface area contributed by atoms with E-state index in [4.69, 9.17) is 0 Å². The fourth-order valence-electron chi connectivity index (χ4n) is 5.31. The summed E-state index contributed by atoms with van der Waals surface area (Å²) in [4.78, 5) is 41.7. The van der Waals surface area contributed by atoms with Crippen molar-refractivity contribution in [3.05, 3.63) is 69.0 Å². The predicted molar refractivity (Wildman–Crippen MR) is 201 cm³/mol. The first kappa shape index (κ1) is 42.0. The maximum absolute atomic E-state index is 13.3. The lowest BCUT2D eigenvalue weighted by molar-refractivity contribution is -0.114. The fourth-order valence-corrected chi connectivity index (χ4v) is 7.18. The highest BCUT2D eigenvalue weighted by Gasteiger charge is 2.33. The number of aromatic hydroxyl groups is 2. The van der Waals surface area contributed by atoms with Crippen LogP contribution < -0.4 is 0 Å². The third kappa shape index (κ3) is 10.4. The van der Waals surface area contributed by atoms with E-state index >= 15 is 0 Å². The van der Waals surface area contributed by atoms with Crippen LogP contribution in [0, 0.1) is 11.6 Å². The molecule has 2 N–H and O–H groups in total. The van der Waals surface area contributed by atoms with Crippen molar-refractivity contribution in [3.63, 3.8) is 0 Å². The SMILES string of the molecule is C.CN(C)[C@H]1CCN(C2=NC(=O)/C(=C/c3cc(F)ccc3O)S2)C1.CN(C)[C@H]1CCN(C2=NC(=O)/C(=C\c3cc(F)ccc3O)S2)C1.Cl.Cl. The Morgan fingerprint density at radius 1 is 0.735 bits per heavy atom. The molecule has 2 fully saturated rings. The third-order valence-electron chi connectivity index (χ3n) is 8.10. The van der Waals surface area contributed by atoms with E-state index < -0.39 is 11.6 Å². The zero-order valence-electron chi connectivity index (χ0n) is 26.8. The fraction of sp³-hybridized carbons (Fsp3) is 0.394. The molecule has 4 aliphatic rings. The number of likely N-dealkylation sites (N-methyl/N-ethyl adjacent to an activating group) is 2. The molecular formula is C33H42Cl2F2N6O4S2. The van der Waals surface area contributed by atoms with E-state index in [-0.39, 0.29) is 66.7 Å². The van der Waals surface area contributed by atoms with Crippen LogP contribution in [0.5, 0.6) is 11.5 Å². The smallest absolute Gasteiger partial charge is 0.286 e. The van der Waals surface area contributed by atoms with Gasteiger partial charge in [0.2, 0.25) is 0 Å². The lowest BCUT2D eigenvalue weighted by Crippen LogP contribution is -2.33. The van der Waals surface area contributed by atoms with E-state index in [1.54, 1.807) is 0 Å². The zero-order chi connectivity index (χ0) is 33.1. The Kier molecular flexibility index (Phi) is 15.6. The molecule has 49 heavy (non-hydrogen) atoms. The van der Waals surface area contributed by atoms with Crippen LogP contribution >= 0.6 is 48.3 Å². The monoisotopic (exact) mass is 758 g/mol. The average Bonchev–Trinajstić information content (AvgIpc) is 3.81. The summed E-state index contributed by atoms with van der Waals surface area (Å²) in [6, 6.07) is 8.20. The van der Waals surface area contributed by atoms with E-state index in [9.17, 15) is 28.6 Å². The largest absolute Gasteiger partial charge is 0.507 e. The minimum Gasteiger partial charge on any atom is -0.507 e. The minimum atomic E-state index is -0.459. The molecule has 0 radical (unpaired) electrons. The highest BCUT2D eigenvalue weighted by molar-refractivity contribution is 8.18. The van der Waals surface area contributed by atoms with Gasteiger partial charge in [-0.05, 0) is 113 Å².